The third kappa shape index (κ3) is 22.3. The predicted octanol–water partition coefficient (Wildman–Crippen LogP) is 9.29. The molecular weight excluding hydrogens is 1170 g/mol. The first kappa shape index (κ1) is 69.6. The first-order valence-corrected chi connectivity index (χ1v) is 31.9. The number of thiazole rings is 1. The van der Waals surface area contributed by atoms with Gasteiger partial charge in [-0.3, -0.25) is 34.1 Å². The number of aromatic nitrogens is 2. The molecule has 2 aromatic carbocycles. The lowest BCUT2D eigenvalue weighted by Crippen LogP contribution is -2.56. The highest BCUT2D eigenvalue weighted by molar-refractivity contribution is 7.20. The highest BCUT2D eigenvalue weighted by Gasteiger charge is 2.42. The number of benzene rings is 2. The van der Waals surface area contributed by atoms with Crippen LogP contribution in [-0.2, 0) is 60.6 Å². The number of allylic oxidation sites excluding steroid dienone is 1. The zero-order chi connectivity index (χ0) is 63.5. The second kappa shape index (κ2) is 36.1. The third-order valence-electron chi connectivity index (χ3n) is 16.4. The quantitative estimate of drug-likeness (QED) is 0.0319. The van der Waals surface area contributed by atoms with Crippen LogP contribution in [0.1, 0.15) is 118 Å². The Balaban J connectivity index is 0.713. The van der Waals surface area contributed by atoms with Gasteiger partial charge in [0.2, 0.25) is 23.6 Å². The number of ether oxygens (including phenoxy) is 6. The summed E-state index contributed by atoms with van der Waals surface area (Å²) in [5.41, 5.74) is 3.55. The molecule has 3 fully saturated rings. The average molecular weight is 1260 g/mol. The Labute approximate surface area is 523 Å². The number of rotatable bonds is 34. The lowest BCUT2D eigenvalue weighted by Gasteiger charge is -2.35. The maximum absolute atomic E-state index is 14.3. The van der Waals surface area contributed by atoms with E-state index in [4.69, 9.17) is 28.4 Å². The molecule has 20 nitrogen and oxygen atoms in total. The molecule has 3 atom stereocenters. The Kier molecular flexibility index (Phi) is 28.3. The highest BCUT2D eigenvalue weighted by Crippen LogP contribution is 2.41. The minimum absolute atomic E-state index is 0.000615. The number of halogens is 3. The number of hydrogen-bond donors (Lipinski definition) is 4. The minimum atomic E-state index is -4.17. The van der Waals surface area contributed by atoms with Gasteiger partial charge in [-0.15, -0.1) is 0 Å². The van der Waals surface area contributed by atoms with Gasteiger partial charge in [0.15, 0.2) is 5.13 Å². The van der Waals surface area contributed by atoms with E-state index in [9.17, 15) is 41.9 Å². The monoisotopic (exact) mass is 1260 g/mol. The van der Waals surface area contributed by atoms with Crippen molar-refractivity contribution in [3.8, 4) is 17.0 Å². The lowest BCUT2D eigenvalue weighted by molar-refractivity contribution is -0.183. The molecule has 3 aliphatic rings. The number of anilines is 2. The Morgan fingerprint density at radius 1 is 0.787 bits per heavy atom. The van der Waals surface area contributed by atoms with Crippen molar-refractivity contribution >= 4 is 63.0 Å². The van der Waals surface area contributed by atoms with Gasteiger partial charge in [0, 0.05) is 43.7 Å². The fourth-order valence-corrected chi connectivity index (χ4v) is 11.9. The van der Waals surface area contributed by atoms with Gasteiger partial charge in [-0.2, -0.15) is 13.2 Å². The zero-order valence-electron chi connectivity index (χ0n) is 51.6. The molecule has 0 unspecified atom stereocenters. The Morgan fingerprint density at radius 3 is 2.11 bits per heavy atom. The Morgan fingerprint density at radius 2 is 1.45 bits per heavy atom. The molecule has 486 valence electrons. The Hall–Kier alpha value is -6.83. The maximum atomic E-state index is 14.3. The van der Waals surface area contributed by atoms with Gasteiger partial charge in [0.1, 0.15) is 40.8 Å². The van der Waals surface area contributed by atoms with Crippen LogP contribution in [0.25, 0.3) is 17.3 Å². The summed E-state index contributed by atoms with van der Waals surface area (Å²) < 4.78 is 72.8. The molecule has 4 N–H and O–H groups in total. The summed E-state index contributed by atoms with van der Waals surface area (Å²) in [4.78, 5) is 92.8. The number of alkyl halides is 3. The summed E-state index contributed by atoms with van der Waals surface area (Å²) in [7, 11) is 3.19. The maximum Gasteiger partial charge on any atom is 0.391 e. The van der Waals surface area contributed by atoms with Crippen molar-refractivity contribution in [1.82, 2.24) is 30.4 Å². The number of amides is 6. The minimum Gasteiger partial charge on any atom is -0.495 e. The van der Waals surface area contributed by atoms with Crippen LogP contribution in [0, 0.1) is 23.7 Å². The van der Waals surface area contributed by atoms with E-state index >= 15 is 0 Å². The number of nitrogens with one attached hydrogen (secondary N) is 4. The van der Waals surface area contributed by atoms with Gasteiger partial charge in [-0.1, -0.05) is 111 Å². The van der Waals surface area contributed by atoms with Crippen molar-refractivity contribution in [3.63, 3.8) is 0 Å². The largest absolute Gasteiger partial charge is 0.495 e. The predicted molar refractivity (Wildman–Crippen MR) is 332 cm³/mol. The van der Waals surface area contributed by atoms with Crippen LogP contribution in [0.15, 0.2) is 72.9 Å². The number of hydrogen-bond acceptors (Lipinski definition) is 15. The van der Waals surface area contributed by atoms with Crippen LogP contribution in [0.4, 0.5) is 23.3 Å². The van der Waals surface area contributed by atoms with Crippen molar-refractivity contribution in [2.24, 2.45) is 23.7 Å². The van der Waals surface area contributed by atoms with Gasteiger partial charge in [-0.05, 0) is 86.8 Å². The molecule has 89 heavy (non-hydrogen) atoms. The van der Waals surface area contributed by atoms with Crippen molar-refractivity contribution < 1.29 is 70.4 Å². The number of likely N-dealkylation sites (N-methyl/N-ethyl adjacent to an activating group) is 1. The molecule has 24 heteroatoms. The molecule has 7 rings (SSSR count). The second-order valence-electron chi connectivity index (χ2n) is 22.8. The van der Waals surface area contributed by atoms with E-state index in [0.29, 0.717) is 113 Å². The summed E-state index contributed by atoms with van der Waals surface area (Å²) in [5.74, 6) is -2.69. The molecule has 0 spiro atoms. The van der Waals surface area contributed by atoms with Gasteiger partial charge >= 0.3 is 6.18 Å². The fourth-order valence-electron chi connectivity index (χ4n) is 11.0. The molecule has 2 saturated carbocycles. The Bertz CT molecular complexity index is 2940. The molecule has 2 aromatic heterocycles. The first-order valence-electron chi connectivity index (χ1n) is 31.1. The van der Waals surface area contributed by atoms with E-state index in [0.717, 1.165) is 60.1 Å². The fraction of sp³-hybridized carbons (Fsp3) is 0.569. The smallest absolute Gasteiger partial charge is 0.391 e. The third-order valence-corrected chi connectivity index (χ3v) is 17.3. The van der Waals surface area contributed by atoms with E-state index in [1.54, 1.807) is 29.0 Å². The highest BCUT2D eigenvalue weighted by atomic mass is 32.1. The number of carbonyl (C=O) groups excluding carboxylic acids is 6. The van der Waals surface area contributed by atoms with Gasteiger partial charge in [-0.25, -0.2) is 9.97 Å². The topological polar surface area (TPSA) is 238 Å². The molecule has 4 aromatic rings. The SMILES string of the molecule is CC[C@@H](C)C(=O)N[C@H](C(=O)N1CCC[C@H]1C(=O)Nc1sc(NC(=O)COCCOCCOCCOCCOCCN(C)C(=O)Cc2cccc(CNC(=O)c3cc(/C=C/C4CCC(C(F)(F)F)CC4)c(OC)cn3)c2)nc1-c1ccccc1)C1CCCCC1. The molecule has 3 heterocycles. The van der Waals surface area contributed by atoms with Crippen LogP contribution in [0.5, 0.6) is 5.75 Å². The number of carbonyl (C=O) groups is 6. The normalized spacial score (nSPS) is 17.9. The summed E-state index contributed by atoms with van der Waals surface area (Å²) in [5, 5.41) is 12.5. The lowest BCUT2D eigenvalue weighted by atomic mass is 9.81. The van der Waals surface area contributed by atoms with E-state index in [2.05, 4.69) is 31.2 Å². The van der Waals surface area contributed by atoms with Crippen molar-refractivity contribution in [1.29, 1.82) is 0 Å². The summed E-state index contributed by atoms with van der Waals surface area (Å²) in [6.45, 7) is 7.26. The van der Waals surface area contributed by atoms with E-state index < -0.39 is 36.0 Å². The van der Waals surface area contributed by atoms with Crippen molar-refractivity contribution in [2.75, 3.05) is 104 Å². The van der Waals surface area contributed by atoms with Crippen molar-refractivity contribution in [2.45, 2.75) is 122 Å². The molecule has 0 bridgehead atoms. The first-order chi connectivity index (χ1) is 43.0. The molecule has 6 amide bonds. The number of nitrogens with zero attached hydrogens (tertiary/aromatic N) is 4. The van der Waals surface area contributed by atoms with E-state index in [1.807, 2.05) is 74.5 Å². The molecule has 2 aliphatic carbocycles. The van der Waals surface area contributed by atoms with Crippen LogP contribution in [0.2, 0.25) is 0 Å². The van der Waals surface area contributed by atoms with Crippen LogP contribution in [-0.4, -0.2) is 167 Å². The molecule has 0 radical (unpaired) electrons. The molecular formula is C65H87F3N8O12S. The summed E-state index contributed by atoms with van der Waals surface area (Å²) in [6.07, 6.45) is 8.75. The van der Waals surface area contributed by atoms with Gasteiger partial charge in [0.25, 0.3) is 11.8 Å². The summed E-state index contributed by atoms with van der Waals surface area (Å²) in [6, 6.07) is 16.9. The van der Waals surface area contributed by atoms with E-state index in [-0.39, 0.29) is 97.8 Å². The van der Waals surface area contributed by atoms with E-state index in [1.165, 1.54) is 13.3 Å². The average Bonchev–Trinajstić information content (AvgIpc) is 2.83. The van der Waals surface area contributed by atoms with Crippen LogP contribution >= 0.6 is 11.3 Å². The molecule has 1 saturated heterocycles. The number of pyridine rings is 1. The molecule has 1 aliphatic heterocycles. The zero-order valence-corrected chi connectivity index (χ0v) is 52.4. The second-order valence-corrected chi connectivity index (χ2v) is 23.8. The summed E-state index contributed by atoms with van der Waals surface area (Å²) >= 11 is 1.11. The number of likely N-dealkylation sites (tertiary alicyclic amines) is 1. The standard InChI is InChI=1S/C65H87F3N8O12S/c1-5-44(2)59(79)72-58(49-18-10-7-11-19-49)63(82)76-27-13-20-53(76)61(81)74-62-57(48-16-8-6-9-17-48)73-64(89-62)71-55(77)43-88-37-36-87-35-34-86-33-32-85-31-30-84-29-28-75(3)56(78)39-46-14-12-15-47(38-46)41-70-60(80)52-40-50(54(83-4)42-69-52)24-21-45-22-25-51(26-23-45)65(66,67)68/h6,8-9,12,14-17,21,24,38,40,42,44-45,49,51,53,58H,5,7,10-11,13,18-20,22-23,25-37,39,41,43H2,1-4H3,(H,70,80)(H,72,79)(H,74,81)(H,71,73,77)/b24-21+/t44-,45?,51?,53+,58+/m1/s1. The van der Waals surface area contributed by atoms with Crippen LogP contribution in [0.3, 0.4) is 0 Å². The van der Waals surface area contributed by atoms with Crippen molar-refractivity contribution in [3.05, 3.63) is 95.3 Å². The van der Waals surface area contributed by atoms with Crippen LogP contribution < -0.4 is 26.0 Å². The van der Waals surface area contributed by atoms with Gasteiger partial charge < -0.3 is 54.2 Å². The number of methoxy groups -OCH3 is 1. The van der Waals surface area contributed by atoms with Gasteiger partial charge in [0.05, 0.1) is 85.1 Å².